The summed E-state index contributed by atoms with van der Waals surface area (Å²) >= 11 is 0. The third kappa shape index (κ3) is 7.54. The summed E-state index contributed by atoms with van der Waals surface area (Å²) in [6.07, 6.45) is 1.69. The van der Waals surface area contributed by atoms with Gasteiger partial charge in [0.05, 0.1) is 0 Å². The van der Waals surface area contributed by atoms with E-state index >= 15 is 0 Å². The molecular formula is C28H36N2Si2. The lowest BCUT2D eigenvalue weighted by Crippen LogP contribution is -2.23. The van der Waals surface area contributed by atoms with Gasteiger partial charge in [0.25, 0.3) is 0 Å². The molecule has 4 heteroatoms. The van der Waals surface area contributed by atoms with Crippen LogP contribution in [0.25, 0.3) is 0 Å². The minimum atomic E-state index is -1.62. The predicted molar refractivity (Wildman–Crippen MR) is 146 cm³/mol. The smallest absolute Gasteiger partial charge is 0.172 e. The van der Waals surface area contributed by atoms with Gasteiger partial charge in [-0.25, -0.2) is 0 Å². The van der Waals surface area contributed by atoms with Gasteiger partial charge in [0.1, 0.15) is 0 Å². The van der Waals surface area contributed by atoms with Crippen molar-refractivity contribution >= 4 is 27.9 Å². The van der Waals surface area contributed by atoms with Crippen LogP contribution in [-0.4, -0.2) is 27.9 Å². The summed E-state index contributed by atoms with van der Waals surface area (Å²) in [5.41, 5.74) is 7.52. The van der Waals surface area contributed by atoms with Crippen molar-refractivity contribution in [3.8, 4) is 0 Å². The maximum Gasteiger partial charge on any atom is 0.172 e. The van der Waals surface area contributed by atoms with Gasteiger partial charge in [0.15, 0.2) is 16.5 Å². The lowest BCUT2D eigenvalue weighted by Gasteiger charge is -2.19. The van der Waals surface area contributed by atoms with Gasteiger partial charge in [-0.1, -0.05) is 84.9 Å². The Hall–Kier alpha value is -2.57. The van der Waals surface area contributed by atoms with Crippen molar-refractivity contribution in [1.29, 1.82) is 0 Å². The van der Waals surface area contributed by atoms with E-state index in [1.807, 2.05) is 0 Å². The van der Waals surface area contributed by atoms with E-state index in [9.17, 15) is 0 Å². The van der Waals surface area contributed by atoms with E-state index in [-0.39, 0.29) is 0 Å². The lowest BCUT2D eigenvalue weighted by molar-refractivity contribution is 1.19. The molecule has 0 unspecified atom stereocenters. The highest BCUT2D eigenvalue weighted by Crippen LogP contribution is 2.19. The van der Waals surface area contributed by atoms with Crippen LogP contribution in [0.15, 0.2) is 94.2 Å². The fourth-order valence-electron chi connectivity index (χ4n) is 3.75. The second kappa shape index (κ2) is 10.4. The maximum atomic E-state index is 5.24. The minimum Gasteiger partial charge on any atom is -0.325 e. The standard InChI is InChI=1S/C28H36N2Si2/c1-31(2,3)29-27(23-15-9-7-10-16-23)21-25-19-13-14-20-26(25)22-28(30-32(4,5)6)24-17-11-8-12-18-24/h7-20H,21-22H2,1-6H3/b29-27-,30-28-. The number of benzene rings is 3. The van der Waals surface area contributed by atoms with E-state index in [0.29, 0.717) is 0 Å². The molecule has 0 N–H and O–H groups in total. The third-order valence-electron chi connectivity index (χ3n) is 4.99. The fourth-order valence-corrected chi connectivity index (χ4v) is 5.78. The van der Waals surface area contributed by atoms with E-state index in [4.69, 9.17) is 9.32 Å². The van der Waals surface area contributed by atoms with Gasteiger partial charge in [-0.3, -0.25) is 0 Å². The summed E-state index contributed by atoms with van der Waals surface area (Å²) in [6.45, 7) is 13.8. The van der Waals surface area contributed by atoms with Crippen molar-refractivity contribution in [2.45, 2.75) is 52.1 Å². The normalized spacial score (nSPS) is 13.3. The van der Waals surface area contributed by atoms with Gasteiger partial charge in [-0.05, 0) is 61.5 Å². The summed E-state index contributed by atoms with van der Waals surface area (Å²) < 4.78 is 10.5. The van der Waals surface area contributed by atoms with E-state index in [1.165, 1.54) is 33.7 Å². The summed E-state index contributed by atoms with van der Waals surface area (Å²) in [7, 11) is -3.24. The molecule has 0 aliphatic heterocycles. The van der Waals surface area contributed by atoms with Crippen LogP contribution < -0.4 is 0 Å². The SMILES string of the molecule is C[Si](C)(C)/N=C(/Cc1ccccc1C/C(=N/[Si](C)(C)C)c1ccccc1)c1ccccc1. The quantitative estimate of drug-likeness (QED) is 0.249. The first-order valence-corrected chi connectivity index (χ1v) is 18.4. The highest BCUT2D eigenvalue weighted by atomic mass is 28.3. The Balaban J connectivity index is 2.00. The first-order valence-electron chi connectivity index (χ1n) is 11.5. The van der Waals surface area contributed by atoms with Crippen molar-refractivity contribution in [2.75, 3.05) is 0 Å². The Bertz CT molecular complexity index is 985. The predicted octanol–water partition coefficient (Wildman–Crippen LogP) is 7.42. The molecule has 0 saturated heterocycles. The first kappa shape index (κ1) is 24.1. The number of hydrogen-bond acceptors (Lipinski definition) is 2. The van der Waals surface area contributed by atoms with Crippen molar-refractivity contribution < 1.29 is 0 Å². The molecule has 0 heterocycles. The molecule has 3 aromatic carbocycles. The Morgan fingerprint density at radius 2 is 0.812 bits per heavy atom. The molecule has 0 atom stereocenters. The molecule has 0 amide bonds. The Labute approximate surface area is 196 Å². The molecule has 32 heavy (non-hydrogen) atoms. The van der Waals surface area contributed by atoms with Crippen LogP contribution in [0, 0.1) is 0 Å². The molecular weight excluding hydrogens is 420 g/mol. The van der Waals surface area contributed by atoms with Crippen molar-refractivity contribution in [1.82, 2.24) is 0 Å². The van der Waals surface area contributed by atoms with Crippen LogP contribution in [0.2, 0.25) is 39.3 Å². The molecule has 0 aliphatic carbocycles. The van der Waals surface area contributed by atoms with E-state index in [1.54, 1.807) is 0 Å². The number of nitrogens with zero attached hydrogens (tertiary/aromatic N) is 2. The van der Waals surface area contributed by atoms with Gasteiger partial charge in [0.2, 0.25) is 0 Å². The molecule has 166 valence electrons. The van der Waals surface area contributed by atoms with E-state index in [0.717, 1.165) is 12.8 Å². The molecule has 0 saturated carbocycles. The molecule has 0 aliphatic rings. The monoisotopic (exact) mass is 456 g/mol. The zero-order valence-electron chi connectivity index (χ0n) is 20.4. The lowest BCUT2D eigenvalue weighted by atomic mass is 9.94. The van der Waals surface area contributed by atoms with Crippen molar-refractivity contribution in [3.05, 3.63) is 107 Å². The molecule has 0 spiro atoms. The van der Waals surface area contributed by atoms with Crippen molar-refractivity contribution in [2.24, 2.45) is 9.32 Å². The third-order valence-corrected chi connectivity index (χ3v) is 6.87. The number of rotatable bonds is 8. The highest BCUT2D eigenvalue weighted by molar-refractivity contribution is 6.76. The van der Waals surface area contributed by atoms with Crippen LogP contribution in [0.4, 0.5) is 0 Å². The first-order chi connectivity index (χ1) is 15.1. The zero-order chi connectivity index (χ0) is 23.2. The van der Waals surface area contributed by atoms with Crippen LogP contribution in [0.5, 0.6) is 0 Å². The molecule has 3 aromatic rings. The largest absolute Gasteiger partial charge is 0.325 e. The second-order valence-corrected chi connectivity index (χ2v) is 19.4. The topological polar surface area (TPSA) is 24.7 Å². The summed E-state index contributed by atoms with van der Waals surface area (Å²) in [4.78, 5) is 0. The van der Waals surface area contributed by atoms with Crippen LogP contribution in [0.3, 0.4) is 0 Å². The molecule has 0 aromatic heterocycles. The van der Waals surface area contributed by atoms with Gasteiger partial charge in [0, 0.05) is 24.3 Å². The second-order valence-electron chi connectivity index (χ2n) is 10.3. The van der Waals surface area contributed by atoms with Crippen LogP contribution in [-0.2, 0) is 12.8 Å². The van der Waals surface area contributed by atoms with Gasteiger partial charge >= 0.3 is 0 Å². The van der Waals surface area contributed by atoms with E-state index in [2.05, 4.69) is 124 Å². The van der Waals surface area contributed by atoms with Crippen molar-refractivity contribution in [3.63, 3.8) is 0 Å². The molecule has 2 nitrogen and oxygen atoms in total. The van der Waals surface area contributed by atoms with Crippen LogP contribution >= 0.6 is 0 Å². The van der Waals surface area contributed by atoms with Gasteiger partial charge in [-0.15, -0.1) is 0 Å². The maximum absolute atomic E-state index is 5.24. The highest BCUT2D eigenvalue weighted by Gasteiger charge is 2.18. The van der Waals surface area contributed by atoms with Crippen LogP contribution in [0.1, 0.15) is 22.3 Å². The summed E-state index contributed by atoms with van der Waals surface area (Å²) in [6, 6.07) is 30.1. The zero-order valence-corrected chi connectivity index (χ0v) is 22.4. The number of hydrogen-bond donors (Lipinski definition) is 0. The summed E-state index contributed by atoms with van der Waals surface area (Å²) in [5.74, 6) is 0. The molecule has 3 rings (SSSR count). The molecule has 0 radical (unpaired) electrons. The fraction of sp³-hybridized carbons (Fsp3) is 0.286. The van der Waals surface area contributed by atoms with Gasteiger partial charge < -0.3 is 9.32 Å². The molecule has 0 bridgehead atoms. The Kier molecular flexibility index (Phi) is 7.80. The Morgan fingerprint density at radius 3 is 1.12 bits per heavy atom. The summed E-state index contributed by atoms with van der Waals surface area (Å²) in [5, 5.41) is 0. The van der Waals surface area contributed by atoms with E-state index < -0.39 is 16.5 Å². The Morgan fingerprint density at radius 1 is 0.500 bits per heavy atom. The minimum absolute atomic E-state index is 0.847. The molecule has 0 fully saturated rings. The van der Waals surface area contributed by atoms with Gasteiger partial charge in [-0.2, -0.15) is 0 Å². The average molecular weight is 457 g/mol. The average Bonchev–Trinajstić information content (AvgIpc) is 2.73.